The van der Waals surface area contributed by atoms with Crippen LogP contribution in [0, 0.1) is 6.92 Å². The van der Waals surface area contributed by atoms with Crippen LogP contribution in [0.2, 0.25) is 0 Å². The molecule has 162 valence electrons. The Bertz CT molecular complexity index is 864. The van der Waals surface area contributed by atoms with Crippen molar-refractivity contribution in [3.8, 4) is 17.2 Å². The van der Waals surface area contributed by atoms with Gasteiger partial charge in [-0.3, -0.25) is 4.79 Å². The zero-order valence-corrected chi connectivity index (χ0v) is 18.3. The van der Waals surface area contributed by atoms with E-state index in [0.29, 0.717) is 23.7 Å². The average molecular weight is 416 g/mol. The number of ether oxygens (including phenoxy) is 3. The Labute approximate surface area is 178 Å². The fourth-order valence-corrected chi connectivity index (χ4v) is 3.97. The molecule has 0 aromatic heterocycles. The number of carbonyl (C=O) groups is 1. The standard InChI is InChI=1S/C23H31N3O4/c1-17-5-7-20(28-2)18(13-17)15-25-9-11-26(12-10-25)16-23(27)24-19-6-8-21(29-3)22(14-19)30-4/h5-8,13-14H,9-12,15-16H2,1-4H3,(H,24,27)/p+2. The summed E-state index contributed by atoms with van der Waals surface area (Å²) in [4.78, 5) is 15.3. The number of hydrogen-bond donors (Lipinski definition) is 3. The summed E-state index contributed by atoms with van der Waals surface area (Å²) >= 11 is 0. The molecule has 1 heterocycles. The van der Waals surface area contributed by atoms with Crippen LogP contribution >= 0.6 is 0 Å². The van der Waals surface area contributed by atoms with E-state index in [2.05, 4.69) is 24.4 Å². The molecule has 7 nitrogen and oxygen atoms in total. The van der Waals surface area contributed by atoms with Gasteiger partial charge in [-0.1, -0.05) is 11.6 Å². The number of benzene rings is 2. The van der Waals surface area contributed by atoms with Crippen molar-refractivity contribution in [1.29, 1.82) is 0 Å². The minimum Gasteiger partial charge on any atom is -0.496 e. The molecule has 1 aliphatic rings. The highest BCUT2D eigenvalue weighted by Gasteiger charge is 2.25. The summed E-state index contributed by atoms with van der Waals surface area (Å²) in [6, 6.07) is 11.7. The van der Waals surface area contributed by atoms with Gasteiger partial charge in [0.15, 0.2) is 18.0 Å². The van der Waals surface area contributed by atoms with E-state index >= 15 is 0 Å². The van der Waals surface area contributed by atoms with Crippen molar-refractivity contribution in [2.24, 2.45) is 0 Å². The topological polar surface area (TPSA) is 65.7 Å². The Balaban J connectivity index is 1.49. The van der Waals surface area contributed by atoms with Crippen molar-refractivity contribution in [3.05, 3.63) is 47.5 Å². The molecular formula is C23H33N3O4+2. The first-order valence-corrected chi connectivity index (χ1v) is 10.3. The van der Waals surface area contributed by atoms with Crippen LogP contribution in [0.1, 0.15) is 11.1 Å². The highest BCUT2D eigenvalue weighted by molar-refractivity contribution is 5.91. The van der Waals surface area contributed by atoms with Gasteiger partial charge in [-0.15, -0.1) is 0 Å². The molecule has 2 aromatic rings. The summed E-state index contributed by atoms with van der Waals surface area (Å²) in [5, 5.41) is 2.97. The number of quaternary nitrogens is 2. The van der Waals surface area contributed by atoms with Crippen LogP contribution in [0.4, 0.5) is 5.69 Å². The van der Waals surface area contributed by atoms with E-state index in [-0.39, 0.29) is 5.91 Å². The number of methoxy groups -OCH3 is 3. The first-order valence-electron chi connectivity index (χ1n) is 10.3. The number of amides is 1. The molecule has 0 unspecified atom stereocenters. The predicted octanol–water partition coefficient (Wildman–Crippen LogP) is -0.0571. The van der Waals surface area contributed by atoms with Gasteiger partial charge in [0.1, 0.15) is 38.5 Å². The Kier molecular flexibility index (Phi) is 7.54. The van der Waals surface area contributed by atoms with Gasteiger partial charge < -0.3 is 29.3 Å². The molecule has 0 aliphatic carbocycles. The van der Waals surface area contributed by atoms with E-state index in [1.165, 1.54) is 20.9 Å². The molecule has 0 atom stereocenters. The minimum absolute atomic E-state index is 0.0148. The molecule has 0 saturated carbocycles. The van der Waals surface area contributed by atoms with Crippen LogP contribution in [0.3, 0.4) is 0 Å². The zero-order valence-electron chi connectivity index (χ0n) is 18.3. The van der Waals surface area contributed by atoms with Gasteiger partial charge in [-0.05, 0) is 31.2 Å². The molecule has 7 heteroatoms. The summed E-state index contributed by atoms with van der Waals surface area (Å²) in [7, 11) is 4.90. The van der Waals surface area contributed by atoms with E-state index in [9.17, 15) is 4.79 Å². The van der Waals surface area contributed by atoms with Gasteiger partial charge in [0.25, 0.3) is 5.91 Å². The highest BCUT2D eigenvalue weighted by Crippen LogP contribution is 2.29. The zero-order chi connectivity index (χ0) is 21.5. The lowest BCUT2D eigenvalue weighted by atomic mass is 10.1. The van der Waals surface area contributed by atoms with Crippen molar-refractivity contribution >= 4 is 11.6 Å². The van der Waals surface area contributed by atoms with Crippen molar-refractivity contribution in [1.82, 2.24) is 0 Å². The summed E-state index contributed by atoms with van der Waals surface area (Å²) in [5.41, 5.74) is 3.22. The molecule has 3 N–H and O–H groups in total. The van der Waals surface area contributed by atoms with Gasteiger partial charge in [0, 0.05) is 17.3 Å². The van der Waals surface area contributed by atoms with Crippen LogP contribution in [0.15, 0.2) is 36.4 Å². The maximum atomic E-state index is 12.5. The van der Waals surface area contributed by atoms with E-state index in [1.807, 2.05) is 12.1 Å². The number of hydrogen-bond acceptors (Lipinski definition) is 4. The lowest BCUT2D eigenvalue weighted by molar-refractivity contribution is -1.02. The SMILES string of the molecule is COc1ccc(C)cc1C[NH+]1CC[NH+](CC(=O)Nc2ccc(OC)c(OC)c2)CC1. The fraction of sp³-hybridized carbons (Fsp3) is 0.435. The monoisotopic (exact) mass is 415 g/mol. The minimum atomic E-state index is 0.0148. The second kappa shape index (κ2) is 10.3. The molecule has 3 rings (SSSR count). The Morgan fingerprint density at radius 3 is 2.17 bits per heavy atom. The summed E-state index contributed by atoms with van der Waals surface area (Å²) in [6.07, 6.45) is 0. The second-order valence-electron chi connectivity index (χ2n) is 7.79. The van der Waals surface area contributed by atoms with Gasteiger partial charge in [-0.25, -0.2) is 0 Å². The van der Waals surface area contributed by atoms with E-state index in [1.54, 1.807) is 33.5 Å². The van der Waals surface area contributed by atoms with E-state index in [0.717, 1.165) is 38.5 Å². The Morgan fingerprint density at radius 2 is 1.50 bits per heavy atom. The molecular weight excluding hydrogens is 382 g/mol. The molecule has 30 heavy (non-hydrogen) atoms. The lowest BCUT2D eigenvalue weighted by Gasteiger charge is -2.29. The third-order valence-electron chi connectivity index (χ3n) is 5.62. The van der Waals surface area contributed by atoms with Crippen molar-refractivity contribution in [3.63, 3.8) is 0 Å². The molecule has 0 radical (unpaired) electrons. The molecule has 0 bridgehead atoms. The Hall–Kier alpha value is -2.77. The highest BCUT2D eigenvalue weighted by atomic mass is 16.5. The van der Waals surface area contributed by atoms with Crippen LogP contribution in [-0.2, 0) is 11.3 Å². The average Bonchev–Trinajstić information content (AvgIpc) is 2.75. The number of piperazine rings is 1. The van der Waals surface area contributed by atoms with Crippen LogP contribution in [0.5, 0.6) is 17.2 Å². The molecule has 1 aliphatic heterocycles. The fourth-order valence-electron chi connectivity index (χ4n) is 3.97. The normalized spacial score (nSPS) is 18.5. The molecule has 0 spiro atoms. The number of aryl methyl sites for hydroxylation is 1. The van der Waals surface area contributed by atoms with E-state index < -0.39 is 0 Å². The third-order valence-corrected chi connectivity index (χ3v) is 5.62. The molecule has 1 saturated heterocycles. The van der Waals surface area contributed by atoms with E-state index in [4.69, 9.17) is 14.2 Å². The number of carbonyl (C=O) groups excluding carboxylic acids is 1. The summed E-state index contributed by atoms with van der Waals surface area (Å²) in [6.45, 7) is 7.56. The first kappa shape index (κ1) is 21.9. The first-order chi connectivity index (χ1) is 14.5. The number of rotatable bonds is 8. The van der Waals surface area contributed by atoms with Crippen molar-refractivity contribution in [2.45, 2.75) is 13.5 Å². The predicted molar refractivity (Wildman–Crippen MR) is 116 cm³/mol. The van der Waals surface area contributed by atoms with Crippen molar-refractivity contribution < 1.29 is 28.8 Å². The maximum Gasteiger partial charge on any atom is 0.279 e. The van der Waals surface area contributed by atoms with Crippen molar-refractivity contribution in [2.75, 3.05) is 59.4 Å². The second-order valence-corrected chi connectivity index (χ2v) is 7.79. The Morgan fingerprint density at radius 1 is 0.867 bits per heavy atom. The van der Waals surface area contributed by atoms with Gasteiger partial charge >= 0.3 is 0 Å². The van der Waals surface area contributed by atoms with Gasteiger partial charge in [-0.2, -0.15) is 0 Å². The third kappa shape index (κ3) is 5.64. The quantitative estimate of drug-likeness (QED) is 0.565. The maximum absolute atomic E-state index is 12.5. The number of nitrogens with one attached hydrogen (secondary N) is 3. The van der Waals surface area contributed by atoms with Crippen LogP contribution < -0.4 is 29.3 Å². The summed E-state index contributed by atoms with van der Waals surface area (Å²) < 4.78 is 16.1. The number of anilines is 1. The largest absolute Gasteiger partial charge is 0.496 e. The molecule has 1 amide bonds. The molecule has 2 aromatic carbocycles. The van der Waals surface area contributed by atoms with Crippen LogP contribution in [0.25, 0.3) is 0 Å². The van der Waals surface area contributed by atoms with Gasteiger partial charge in [0.2, 0.25) is 0 Å². The van der Waals surface area contributed by atoms with Crippen LogP contribution in [-0.4, -0.2) is 60.0 Å². The lowest BCUT2D eigenvalue weighted by Crippen LogP contribution is -3.28. The van der Waals surface area contributed by atoms with Gasteiger partial charge in [0.05, 0.1) is 21.3 Å². The molecule has 1 fully saturated rings. The summed E-state index contributed by atoms with van der Waals surface area (Å²) in [5.74, 6) is 2.22. The smallest absolute Gasteiger partial charge is 0.279 e.